The molecule has 0 saturated carbocycles. The molecule has 18 heavy (non-hydrogen) atoms. The molecule has 0 radical (unpaired) electrons. The third-order valence-corrected chi connectivity index (χ3v) is 3.18. The van der Waals surface area contributed by atoms with Gasteiger partial charge in [0, 0.05) is 5.69 Å². The maximum absolute atomic E-state index is 12.1. The highest BCUT2D eigenvalue weighted by molar-refractivity contribution is 5.95. The van der Waals surface area contributed by atoms with Crippen molar-refractivity contribution in [1.29, 1.82) is 0 Å². The van der Waals surface area contributed by atoms with Crippen molar-refractivity contribution in [3.05, 3.63) is 29.8 Å². The number of ether oxygens (including phenoxy) is 1. The summed E-state index contributed by atoms with van der Waals surface area (Å²) in [7, 11) is 1.92. The molecule has 1 aliphatic rings. The second-order valence-corrected chi connectivity index (χ2v) is 4.66. The van der Waals surface area contributed by atoms with Crippen molar-refractivity contribution >= 4 is 11.6 Å². The number of nitrogens with zero attached hydrogens (tertiary/aromatic N) is 1. The second kappa shape index (κ2) is 5.98. The molecule has 0 aromatic heterocycles. The zero-order chi connectivity index (χ0) is 13.0. The van der Waals surface area contributed by atoms with Gasteiger partial charge in [0.2, 0.25) is 0 Å². The summed E-state index contributed by atoms with van der Waals surface area (Å²) >= 11 is 0. The lowest BCUT2D eigenvalue weighted by Gasteiger charge is -2.35. The standard InChI is InChI=1S/C14H20N2O2/c1-11-4-3-5-12(8-11)16-13(6-7-15-2)9-18-10-14(16)17/h3-5,8,13,15H,6-7,9-10H2,1-2H3. The molecule has 0 aliphatic carbocycles. The lowest BCUT2D eigenvalue weighted by atomic mass is 10.1. The highest BCUT2D eigenvalue weighted by Crippen LogP contribution is 2.22. The molecule has 1 amide bonds. The van der Waals surface area contributed by atoms with E-state index < -0.39 is 0 Å². The maximum atomic E-state index is 12.1. The Hall–Kier alpha value is -1.39. The van der Waals surface area contributed by atoms with Crippen LogP contribution in [0.3, 0.4) is 0 Å². The number of carbonyl (C=O) groups is 1. The summed E-state index contributed by atoms with van der Waals surface area (Å²) in [6, 6.07) is 8.19. The van der Waals surface area contributed by atoms with Gasteiger partial charge in [-0.1, -0.05) is 12.1 Å². The van der Waals surface area contributed by atoms with Crippen LogP contribution < -0.4 is 10.2 Å². The lowest BCUT2D eigenvalue weighted by Crippen LogP contribution is -2.50. The first-order valence-corrected chi connectivity index (χ1v) is 6.33. The zero-order valence-electron chi connectivity index (χ0n) is 11.0. The molecule has 1 heterocycles. The Balaban J connectivity index is 2.21. The average Bonchev–Trinajstić information content (AvgIpc) is 2.36. The number of benzene rings is 1. The van der Waals surface area contributed by atoms with Crippen LogP contribution in [0.5, 0.6) is 0 Å². The fraction of sp³-hybridized carbons (Fsp3) is 0.500. The number of amides is 1. The fourth-order valence-electron chi connectivity index (χ4n) is 2.29. The van der Waals surface area contributed by atoms with Crippen molar-refractivity contribution in [2.45, 2.75) is 19.4 Å². The first kappa shape index (κ1) is 13.1. The summed E-state index contributed by atoms with van der Waals surface area (Å²) in [6.07, 6.45) is 0.899. The molecule has 98 valence electrons. The van der Waals surface area contributed by atoms with Crippen molar-refractivity contribution in [2.75, 3.05) is 31.7 Å². The number of carbonyl (C=O) groups excluding carboxylic acids is 1. The van der Waals surface area contributed by atoms with Gasteiger partial charge < -0.3 is 15.0 Å². The topological polar surface area (TPSA) is 41.6 Å². The summed E-state index contributed by atoms with van der Waals surface area (Å²) in [6.45, 7) is 3.71. The molecule has 1 aliphatic heterocycles. The zero-order valence-corrected chi connectivity index (χ0v) is 11.0. The third-order valence-electron chi connectivity index (χ3n) is 3.18. The lowest BCUT2D eigenvalue weighted by molar-refractivity contribution is -0.127. The van der Waals surface area contributed by atoms with E-state index >= 15 is 0 Å². The van der Waals surface area contributed by atoms with Gasteiger partial charge in [0.25, 0.3) is 5.91 Å². The van der Waals surface area contributed by atoms with E-state index in [-0.39, 0.29) is 18.6 Å². The summed E-state index contributed by atoms with van der Waals surface area (Å²) in [5.41, 5.74) is 2.14. The molecule has 1 fully saturated rings. The van der Waals surface area contributed by atoms with E-state index in [1.165, 1.54) is 5.56 Å². The minimum atomic E-state index is 0.0490. The molecule has 0 bridgehead atoms. The van der Waals surface area contributed by atoms with E-state index in [2.05, 4.69) is 11.4 Å². The quantitative estimate of drug-likeness (QED) is 0.874. The molecule has 1 saturated heterocycles. The Morgan fingerprint density at radius 1 is 1.50 bits per heavy atom. The Kier molecular flexibility index (Phi) is 4.33. The summed E-state index contributed by atoms with van der Waals surface area (Å²) in [4.78, 5) is 13.9. The van der Waals surface area contributed by atoms with Crippen LogP contribution >= 0.6 is 0 Å². The van der Waals surface area contributed by atoms with E-state index in [0.29, 0.717) is 6.61 Å². The van der Waals surface area contributed by atoms with Gasteiger partial charge in [0.05, 0.1) is 12.6 Å². The molecule has 0 spiro atoms. The van der Waals surface area contributed by atoms with Gasteiger partial charge >= 0.3 is 0 Å². The van der Waals surface area contributed by atoms with Crippen molar-refractivity contribution in [2.24, 2.45) is 0 Å². The van der Waals surface area contributed by atoms with Gasteiger partial charge in [-0.15, -0.1) is 0 Å². The molecule has 2 rings (SSSR count). The van der Waals surface area contributed by atoms with Gasteiger partial charge in [-0.25, -0.2) is 0 Å². The third kappa shape index (κ3) is 2.89. The molecule has 1 aromatic rings. The van der Waals surface area contributed by atoms with Crippen molar-refractivity contribution < 1.29 is 9.53 Å². The smallest absolute Gasteiger partial charge is 0.253 e. The molecule has 1 N–H and O–H groups in total. The van der Waals surface area contributed by atoms with Gasteiger partial charge in [0.15, 0.2) is 0 Å². The molecule has 1 aromatic carbocycles. The highest BCUT2D eigenvalue weighted by Gasteiger charge is 2.29. The first-order valence-electron chi connectivity index (χ1n) is 6.33. The van der Waals surface area contributed by atoms with Crippen molar-refractivity contribution in [3.63, 3.8) is 0 Å². The molecule has 4 heteroatoms. The minimum Gasteiger partial charge on any atom is -0.369 e. The fourth-order valence-corrected chi connectivity index (χ4v) is 2.29. The molecule has 4 nitrogen and oxygen atoms in total. The average molecular weight is 248 g/mol. The largest absolute Gasteiger partial charge is 0.369 e. The van der Waals surface area contributed by atoms with E-state index in [1.54, 1.807) is 0 Å². The number of nitrogens with one attached hydrogen (secondary N) is 1. The SMILES string of the molecule is CNCCC1COCC(=O)N1c1cccc(C)c1. The molecule has 1 unspecified atom stereocenters. The summed E-state index contributed by atoms with van der Waals surface area (Å²) in [5.74, 6) is 0.0490. The molecule has 1 atom stereocenters. The van der Waals surface area contributed by atoms with Crippen LogP contribution in [0.1, 0.15) is 12.0 Å². The summed E-state index contributed by atoms with van der Waals surface area (Å²) < 4.78 is 5.35. The number of rotatable bonds is 4. The highest BCUT2D eigenvalue weighted by atomic mass is 16.5. The Bertz CT molecular complexity index is 420. The van der Waals surface area contributed by atoms with Gasteiger partial charge in [-0.05, 0) is 44.6 Å². The predicted molar refractivity (Wildman–Crippen MR) is 71.8 cm³/mol. The van der Waals surface area contributed by atoms with Crippen molar-refractivity contribution in [3.8, 4) is 0 Å². The molecular formula is C14H20N2O2. The van der Waals surface area contributed by atoms with E-state index in [9.17, 15) is 4.79 Å². The number of hydrogen-bond acceptors (Lipinski definition) is 3. The number of aryl methyl sites for hydroxylation is 1. The monoisotopic (exact) mass is 248 g/mol. The number of hydrogen-bond donors (Lipinski definition) is 1. The number of anilines is 1. The van der Waals surface area contributed by atoms with Crippen LogP contribution in [0.2, 0.25) is 0 Å². The van der Waals surface area contributed by atoms with Gasteiger partial charge in [0.1, 0.15) is 6.61 Å². The maximum Gasteiger partial charge on any atom is 0.253 e. The first-order chi connectivity index (χ1) is 8.72. The van der Waals surface area contributed by atoms with Crippen LogP contribution in [-0.4, -0.2) is 38.8 Å². The summed E-state index contributed by atoms with van der Waals surface area (Å²) in [5, 5.41) is 3.12. The van der Waals surface area contributed by atoms with Crippen LogP contribution in [-0.2, 0) is 9.53 Å². The molecular weight excluding hydrogens is 228 g/mol. The normalized spacial score (nSPS) is 20.2. The van der Waals surface area contributed by atoms with E-state index in [1.807, 2.05) is 37.1 Å². The Morgan fingerprint density at radius 3 is 3.06 bits per heavy atom. The Labute approximate surface area is 108 Å². The Morgan fingerprint density at radius 2 is 2.33 bits per heavy atom. The van der Waals surface area contributed by atoms with Crippen LogP contribution in [0, 0.1) is 6.92 Å². The van der Waals surface area contributed by atoms with Crippen LogP contribution in [0.15, 0.2) is 24.3 Å². The van der Waals surface area contributed by atoms with E-state index in [0.717, 1.165) is 18.7 Å². The number of morpholine rings is 1. The van der Waals surface area contributed by atoms with Crippen molar-refractivity contribution in [1.82, 2.24) is 5.32 Å². The van der Waals surface area contributed by atoms with Gasteiger partial charge in [-0.2, -0.15) is 0 Å². The van der Waals surface area contributed by atoms with Crippen LogP contribution in [0.4, 0.5) is 5.69 Å². The minimum absolute atomic E-state index is 0.0490. The van der Waals surface area contributed by atoms with Crippen LogP contribution in [0.25, 0.3) is 0 Å². The second-order valence-electron chi connectivity index (χ2n) is 4.66. The predicted octanol–water partition coefficient (Wildman–Crippen LogP) is 1.34. The van der Waals surface area contributed by atoms with Gasteiger partial charge in [-0.3, -0.25) is 4.79 Å². The van der Waals surface area contributed by atoms with E-state index in [4.69, 9.17) is 4.74 Å².